The summed E-state index contributed by atoms with van der Waals surface area (Å²) in [6.07, 6.45) is 9.60. The second-order valence-electron chi connectivity index (χ2n) is 16.3. The first-order valence-electron chi connectivity index (χ1n) is 19.2. The van der Waals surface area contributed by atoms with Crippen LogP contribution in [0.15, 0.2) is 59.1 Å². The van der Waals surface area contributed by atoms with Crippen molar-refractivity contribution >= 4 is 44.9 Å². The van der Waals surface area contributed by atoms with Crippen molar-refractivity contribution in [3.05, 3.63) is 82.0 Å². The Morgan fingerprint density at radius 2 is 2.00 bits per heavy atom. The zero-order valence-electron chi connectivity index (χ0n) is 32.6. The molecule has 2 N–H and O–H groups in total. The van der Waals surface area contributed by atoms with Crippen LogP contribution in [0.1, 0.15) is 77.3 Å². The van der Waals surface area contributed by atoms with E-state index in [1.807, 2.05) is 25.1 Å². The molecule has 3 heterocycles. The van der Waals surface area contributed by atoms with Crippen LogP contribution >= 0.6 is 11.6 Å². The zero-order valence-corrected chi connectivity index (χ0v) is 34.2. The average molecular weight is 807 g/mol. The molecule has 2 bridgehead atoms. The Labute approximate surface area is 333 Å². The van der Waals surface area contributed by atoms with Gasteiger partial charge >= 0.3 is 0 Å². The van der Waals surface area contributed by atoms with E-state index in [0.29, 0.717) is 42.6 Å². The standard InChI is InChI=1S/C41H51ClN6O7S/c1-26-8-6-17-41(52,20-36(49)46(2)3)33-13-10-29(33)21-48-24-40(16-7-9-27-18-30(42)12-14-32(27)40)25-55-35-15-11-28(19-34(35)48)37(50)44-56(53,23-26)45-38(51)31-22-47(4)43-39(31)54-5/h6,11-12,14-15,17-19,22,26,29,33,52H,7-10,13,16,20-21,23-25H2,1-5H3,(H,44,45,50,51,53)/b17-6+/t26-,29-,33+,40-,41?,56?/m0/s1. The molecular formula is C41H51ClN6O7S. The topological polar surface area (TPSA) is 156 Å². The number of allylic oxidation sites excluding steroid dienone is 1. The molecule has 2 aliphatic carbocycles. The maximum atomic E-state index is 14.7. The van der Waals surface area contributed by atoms with E-state index in [2.05, 4.69) is 25.1 Å². The van der Waals surface area contributed by atoms with Crippen LogP contribution < -0.4 is 19.1 Å². The number of amides is 3. The molecule has 7 rings (SSSR count). The number of aliphatic hydroxyl groups is 1. The fourth-order valence-electron chi connectivity index (χ4n) is 8.91. The third-order valence-corrected chi connectivity index (χ3v) is 14.1. The van der Waals surface area contributed by atoms with E-state index in [0.717, 1.165) is 32.1 Å². The number of fused-ring (bicyclic) bond motifs is 4. The number of carbonyl (C=O) groups excluding carboxylic acids is 3. The van der Waals surface area contributed by atoms with E-state index in [-0.39, 0.29) is 58.3 Å². The summed E-state index contributed by atoms with van der Waals surface area (Å²) in [5.74, 6) is -1.74. The number of halogens is 1. The van der Waals surface area contributed by atoms with Crippen molar-refractivity contribution in [2.24, 2.45) is 29.2 Å². The second kappa shape index (κ2) is 15.5. The number of hydrogen-bond acceptors (Lipinski definition) is 9. The Balaban J connectivity index is 1.34. The number of rotatable bonds is 5. The summed E-state index contributed by atoms with van der Waals surface area (Å²) in [5, 5.41) is 17.3. The predicted octanol–water partition coefficient (Wildman–Crippen LogP) is 5.34. The minimum Gasteiger partial charge on any atom is -0.490 e. The molecule has 3 aromatic rings. The highest BCUT2D eigenvalue weighted by Gasteiger charge is 2.49. The molecule has 300 valence electrons. The normalized spacial score (nSPS) is 29.4. The van der Waals surface area contributed by atoms with Gasteiger partial charge in [0.1, 0.15) is 21.2 Å². The van der Waals surface area contributed by atoms with Crippen LogP contribution in [0.4, 0.5) is 5.69 Å². The van der Waals surface area contributed by atoms with Crippen LogP contribution in [0, 0.1) is 17.8 Å². The van der Waals surface area contributed by atoms with Gasteiger partial charge in [-0.1, -0.05) is 36.7 Å². The van der Waals surface area contributed by atoms with Crippen molar-refractivity contribution in [2.45, 2.75) is 62.9 Å². The molecule has 0 radical (unpaired) electrons. The number of carbonyl (C=O) groups is 3. The van der Waals surface area contributed by atoms with E-state index >= 15 is 0 Å². The van der Waals surface area contributed by atoms with Crippen molar-refractivity contribution in [3.63, 3.8) is 0 Å². The Bertz CT molecular complexity index is 2200. The van der Waals surface area contributed by atoms with Gasteiger partial charge in [0.15, 0.2) is 0 Å². The monoisotopic (exact) mass is 806 g/mol. The van der Waals surface area contributed by atoms with Gasteiger partial charge in [-0.15, -0.1) is 9.46 Å². The molecule has 0 saturated heterocycles. The van der Waals surface area contributed by atoms with Crippen LogP contribution in [-0.2, 0) is 33.6 Å². The SMILES string of the molecule is COc1nn(C)cc1C(=O)NS1(=O)=NC(=O)c2ccc3c(c2)N(C[C@@H]2CC[C@H]2C(O)(CC(=O)N(C)C)/C=C/C[C@H](C)C1)C[C@@]1(CCCc2cc(Cl)ccc21)CO3. The highest BCUT2D eigenvalue weighted by molar-refractivity contribution is 7.92. The number of nitrogens with zero attached hydrogens (tertiary/aromatic N) is 5. The predicted molar refractivity (Wildman–Crippen MR) is 215 cm³/mol. The summed E-state index contributed by atoms with van der Waals surface area (Å²) in [6.45, 7) is 3.37. The molecule has 13 nitrogen and oxygen atoms in total. The van der Waals surface area contributed by atoms with E-state index in [1.165, 1.54) is 34.0 Å². The Kier molecular flexibility index (Phi) is 11.0. The lowest BCUT2D eigenvalue weighted by molar-refractivity contribution is -0.137. The molecule has 1 saturated carbocycles. The molecule has 3 amide bonds. The average Bonchev–Trinajstić information content (AvgIpc) is 3.44. The van der Waals surface area contributed by atoms with Gasteiger partial charge in [-0.3, -0.25) is 23.8 Å². The lowest BCUT2D eigenvalue weighted by Gasteiger charge is -2.49. The maximum Gasteiger partial charge on any atom is 0.286 e. The summed E-state index contributed by atoms with van der Waals surface area (Å²) >= 11 is 6.47. The second-order valence-corrected chi connectivity index (χ2v) is 18.7. The van der Waals surface area contributed by atoms with Gasteiger partial charge in [-0.05, 0) is 97.7 Å². The molecule has 4 aliphatic rings. The third kappa shape index (κ3) is 7.92. The third-order valence-electron chi connectivity index (χ3n) is 11.9. The fourth-order valence-corrected chi connectivity index (χ4v) is 11.0. The van der Waals surface area contributed by atoms with Gasteiger partial charge in [0.05, 0.1) is 37.2 Å². The molecule has 6 atom stereocenters. The molecule has 1 spiro atoms. The van der Waals surface area contributed by atoms with Crippen LogP contribution in [-0.4, -0.2) is 94.0 Å². The molecular weight excluding hydrogens is 756 g/mol. The first-order chi connectivity index (χ1) is 26.6. The number of aromatic nitrogens is 2. The lowest BCUT2D eigenvalue weighted by atomic mass is 9.63. The Morgan fingerprint density at radius 3 is 2.73 bits per heavy atom. The molecule has 1 aromatic heterocycles. The number of anilines is 1. The number of nitrogens with one attached hydrogen (secondary N) is 1. The molecule has 2 aliphatic heterocycles. The highest BCUT2D eigenvalue weighted by atomic mass is 35.5. The Morgan fingerprint density at radius 1 is 1.20 bits per heavy atom. The van der Waals surface area contributed by atoms with Crippen LogP contribution in [0.25, 0.3) is 0 Å². The van der Waals surface area contributed by atoms with Crippen LogP contribution in [0.2, 0.25) is 5.02 Å². The van der Waals surface area contributed by atoms with Gasteiger partial charge in [0.2, 0.25) is 11.8 Å². The molecule has 2 aromatic carbocycles. The molecule has 56 heavy (non-hydrogen) atoms. The van der Waals surface area contributed by atoms with E-state index in [4.69, 9.17) is 21.1 Å². The number of ether oxygens (including phenoxy) is 2. The van der Waals surface area contributed by atoms with Crippen molar-refractivity contribution in [3.8, 4) is 11.6 Å². The smallest absolute Gasteiger partial charge is 0.286 e. The van der Waals surface area contributed by atoms with Crippen molar-refractivity contribution in [1.82, 2.24) is 19.4 Å². The summed E-state index contributed by atoms with van der Waals surface area (Å²) in [5.41, 5.74) is 1.50. The first kappa shape index (κ1) is 39.8. The quantitative estimate of drug-likeness (QED) is 0.325. The van der Waals surface area contributed by atoms with E-state index < -0.39 is 27.3 Å². The summed E-state index contributed by atoms with van der Waals surface area (Å²) < 4.78 is 34.8. The van der Waals surface area contributed by atoms with Crippen molar-refractivity contribution < 1.29 is 33.2 Å². The number of hydrogen-bond donors (Lipinski definition) is 2. The van der Waals surface area contributed by atoms with Gasteiger partial charge < -0.3 is 24.4 Å². The van der Waals surface area contributed by atoms with Crippen LogP contribution in [0.3, 0.4) is 0 Å². The van der Waals surface area contributed by atoms with Crippen molar-refractivity contribution in [1.29, 1.82) is 0 Å². The molecule has 2 unspecified atom stereocenters. The van der Waals surface area contributed by atoms with Gasteiger partial charge in [-0.25, -0.2) is 4.21 Å². The van der Waals surface area contributed by atoms with E-state index in [1.54, 1.807) is 45.4 Å². The number of benzene rings is 2. The van der Waals surface area contributed by atoms with Gasteiger partial charge in [0.25, 0.3) is 11.8 Å². The van der Waals surface area contributed by atoms with Gasteiger partial charge in [-0.2, -0.15) is 0 Å². The van der Waals surface area contributed by atoms with Gasteiger partial charge in [0, 0.05) is 56.4 Å². The molecule has 15 heteroatoms. The number of aryl methyl sites for hydroxylation is 2. The summed E-state index contributed by atoms with van der Waals surface area (Å²) in [7, 11) is 2.65. The largest absolute Gasteiger partial charge is 0.490 e. The minimum atomic E-state index is -3.73. The molecule has 1 fully saturated rings. The zero-order chi connectivity index (χ0) is 40.0. The maximum absolute atomic E-state index is 14.7. The van der Waals surface area contributed by atoms with Crippen LogP contribution in [0.5, 0.6) is 11.6 Å². The lowest BCUT2D eigenvalue weighted by Crippen LogP contribution is -2.53. The van der Waals surface area contributed by atoms with E-state index in [9.17, 15) is 23.7 Å². The Hall–Kier alpha value is -4.40. The first-order valence-corrected chi connectivity index (χ1v) is 21.3. The summed E-state index contributed by atoms with van der Waals surface area (Å²) in [4.78, 5) is 44.7. The fraction of sp³-hybridized carbons (Fsp3) is 0.512. The highest BCUT2D eigenvalue weighted by Crippen LogP contribution is 2.49. The van der Waals surface area contributed by atoms with Crippen molar-refractivity contribution in [2.75, 3.05) is 51.6 Å². The number of methoxy groups -OCH3 is 1. The minimum absolute atomic E-state index is 0.0312. The summed E-state index contributed by atoms with van der Waals surface area (Å²) in [6, 6.07) is 11.2.